The number of halogens is 1. The fourth-order valence-corrected chi connectivity index (χ4v) is 8.21. The molecule has 0 radical (unpaired) electrons. The molecule has 0 saturated carbocycles. The number of carbonyl (C=O) groups excluding carboxylic acids is 2. The van der Waals surface area contributed by atoms with Crippen LogP contribution in [0.15, 0.2) is 44.0 Å². The number of fused-ring (bicyclic) bond motifs is 1. The normalized spacial score (nSPS) is 18.9. The summed E-state index contributed by atoms with van der Waals surface area (Å²) in [7, 11) is 0. The minimum absolute atomic E-state index is 0.0209. The van der Waals surface area contributed by atoms with E-state index in [1.165, 1.54) is 23.5 Å². The highest BCUT2D eigenvalue weighted by Crippen LogP contribution is 2.46. The zero-order valence-electron chi connectivity index (χ0n) is 20.4. The maximum atomic E-state index is 13.1. The molecule has 1 saturated heterocycles. The SMILES string of the molecule is NC(N)=NCCSCc1ncccc1SC1=C(C(=O)O)N2C(=O)[C@@H](NC(=O)C(N=O)c3nc(N)sc3Cl)[C@@H]2SC1. The number of hydrogen-bond acceptors (Lipinski definition) is 13. The van der Waals surface area contributed by atoms with Crippen molar-refractivity contribution in [3.8, 4) is 0 Å². The zero-order chi connectivity index (χ0) is 29.0. The van der Waals surface area contributed by atoms with Gasteiger partial charge in [0.2, 0.25) is 6.04 Å². The van der Waals surface area contributed by atoms with Crippen molar-refractivity contribution in [2.24, 2.45) is 21.6 Å². The Morgan fingerprint density at radius 1 is 1.38 bits per heavy atom. The molecule has 0 bridgehead atoms. The number of carboxylic acids is 1. The van der Waals surface area contributed by atoms with Crippen LogP contribution in [0.2, 0.25) is 4.34 Å². The molecular weight excluding hydrogens is 622 g/mol. The Morgan fingerprint density at radius 2 is 2.15 bits per heavy atom. The van der Waals surface area contributed by atoms with Gasteiger partial charge in [0.1, 0.15) is 27.1 Å². The summed E-state index contributed by atoms with van der Waals surface area (Å²) in [5.41, 5.74) is 16.7. The minimum Gasteiger partial charge on any atom is -0.477 e. The molecule has 2 aliphatic heterocycles. The van der Waals surface area contributed by atoms with Gasteiger partial charge in [-0.3, -0.25) is 24.5 Å². The van der Waals surface area contributed by atoms with Crippen LogP contribution in [0.4, 0.5) is 5.13 Å². The second-order valence-electron chi connectivity index (χ2n) is 8.10. The standard InChI is InChI=1S/C21H22ClN9O5S4/c22-15-11(29-21(25)40-15)12(30-36)16(32)28-13-17(33)31-14(19(34)35)10(7-38-18(13)31)39-9-2-1-3-26-8(9)6-37-5-4-27-20(23)24/h1-3,12-13,18H,4-7H2,(H2,25,29)(H,28,32)(H,34,35)(H4,23,24,27)/t12?,13-,18+/m1/s1. The zero-order valence-corrected chi connectivity index (χ0v) is 24.4. The lowest BCUT2D eigenvalue weighted by molar-refractivity contribution is -0.150. The summed E-state index contributed by atoms with van der Waals surface area (Å²) in [6.45, 7) is 0.456. The highest BCUT2D eigenvalue weighted by molar-refractivity contribution is 8.06. The Labute approximate surface area is 248 Å². The highest BCUT2D eigenvalue weighted by atomic mass is 35.5. The summed E-state index contributed by atoms with van der Waals surface area (Å²) in [5, 5.41) is 14.7. The fourth-order valence-electron chi connectivity index (χ4n) is 3.79. The van der Waals surface area contributed by atoms with Crippen LogP contribution in [0, 0.1) is 4.91 Å². The lowest BCUT2D eigenvalue weighted by Crippen LogP contribution is -2.70. The van der Waals surface area contributed by atoms with Gasteiger partial charge >= 0.3 is 5.97 Å². The molecule has 212 valence electrons. The van der Waals surface area contributed by atoms with E-state index >= 15 is 0 Å². The van der Waals surface area contributed by atoms with Crippen LogP contribution in [0.1, 0.15) is 17.4 Å². The van der Waals surface area contributed by atoms with Crippen molar-refractivity contribution in [3.63, 3.8) is 0 Å². The number of nitrogen functional groups attached to an aromatic ring is 1. The Hall–Kier alpha value is -3.06. The van der Waals surface area contributed by atoms with Gasteiger partial charge in [0.05, 0.1) is 12.2 Å². The maximum Gasteiger partial charge on any atom is 0.353 e. The molecule has 0 aliphatic carbocycles. The van der Waals surface area contributed by atoms with Crippen molar-refractivity contribution in [1.82, 2.24) is 20.2 Å². The average Bonchev–Trinajstić information content (AvgIpc) is 3.24. The molecule has 3 atom stereocenters. The third kappa shape index (κ3) is 6.46. The number of carboxylic acid groups (broad SMARTS) is 1. The number of aliphatic imine (C=N–C) groups is 1. The van der Waals surface area contributed by atoms with Gasteiger partial charge in [-0.05, 0) is 17.3 Å². The van der Waals surface area contributed by atoms with Crippen molar-refractivity contribution in [3.05, 3.63) is 49.6 Å². The number of guanidine groups is 1. The molecule has 2 aliphatic rings. The number of aromatic nitrogens is 2. The van der Waals surface area contributed by atoms with Crippen molar-refractivity contribution < 1.29 is 19.5 Å². The number of β-lactam (4-membered cyclic amide) rings is 1. The number of anilines is 1. The van der Waals surface area contributed by atoms with E-state index in [1.807, 2.05) is 6.07 Å². The number of thioether (sulfide) groups is 3. The van der Waals surface area contributed by atoms with Gasteiger partial charge in [-0.2, -0.15) is 11.8 Å². The number of nitrogens with one attached hydrogen (secondary N) is 1. The summed E-state index contributed by atoms with van der Waals surface area (Å²) < 4.78 is 0.0329. The predicted molar refractivity (Wildman–Crippen MR) is 157 cm³/mol. The lowest BCUT2D eigenvalue weighted by atomic mass is 10.0. The van der Waals surface area contributed by atoms with Gasteiger partial charge in [-0.15, -0.1) is 16.7 Å². The van der Waals surface area contributed by atoms with E-state index in [9.17, 15) is 24.4 Å². The molecule has 8 N–H and O–H groups in total. The Morgan fingerprint density at radius 3 is 2.80 bits per heavy atom. The van der Waals surface area contributed by atoms with E-state index in [0.717, 1.165) is 26.8 Å². The molecular formula is C21H22ClN9O5S4. The second-order valence-corrected chi connectivity index (χ2v) is 13.1. The van der Waals surface area contributed by atoms with E-state index in [4.69, 9.17) is 28.8 Å². The van der Waals surface area contributed by atoms with Crippen LogP contribution in [-0.2, 0) is 20.1 Å². The number of nitroso groups, excluding NO2 is 1. The highest BCUT2D eigenvalue weighted by Gasteiger charge is 2.55. The molecule has 40 heavy (non-hydrogen) atoms. The van der Waals surface area contributed by atoms with Gasteiger partial charge in [0.15, 0.2) is 11.1 Å². The van der Waals surface area contributed by atoms with E-state index in [0.29, 0.717) is 23.0 Å². The molecule has 2 aromatic rings. The van der Waals surface area contributed by atoms with Gasteiger partial charge < -0.3 is 27.6 Å². The summed E-state index contributed by atoms with van der Waals surface area (Å²) in [5.74, 6) is -1.30. The van der Waals surface area contributed by atoms with Crippen LogP contribution in [0.5, 0.6) is 0 Å². The summed E-state index contributed by atoms with van der Waals surface area (Å²) >= 11 is 11.0. The van der Waals surface area contributed by atoms with Crippen molar-refractivity contribution in [2.75, 3.05) is 23.8 Å². The summed E-state index contributed by atoms with van der Waals surface area (Å²) in [4.78, 5) is 64.1. The molecule has 0 aromatic carbocycles. The Kier molecular flexibility index (Phi) is 9.77. The van der Waals surface area contributed by atoms with E-state index in [1.54, 1.807) is 24.0 Å². The van der Waals surface area contributed by atoms with Gasteiger partial charge in [0.25, 0.3) is 11.8 Å². The second kappa shape index (κ2) is 13.1. The number of hydrogen-bond donors (Lipinski definition) is 5. The number of rotatable bonds is 12. The van der Waals surface area contributed by atoms with Crippen molar-refractivity contribution in [2.45, 2.75) is 28.1 Å². The van der Waals surface area contributed by atoms with Crippen LogP contribution < -0.4 is 22.5 Å². The number of nitrogens with two attached hydrogens (primary N) is 3. The van der Waals surface area contributed by atoms with Gasteiger partial charge in [0, 0.05) is 33.3 Å². The van der Waals surface area contributed by atoms with Gasteiger partial charge in [-0.1, -0.05) is 34.7 Å². The number of pyridine rings is 1. The number of aliphatic carboxylic acids is 1. The average molecular weight is 644 g/mol. The predicted octanol–water partition coefficient (Wildman–Crippen LogP) is 1.58. The third-order valence-corrected chi connectivity index (χ3v) is 10.2. The number of amides is 2. The summed E-state index contributed by atoms with van der Waals surface area (Å²) in [6, 6.07) is 0.901. The van der Waals surface area contributed by atoms with E-state index < -0.39 is 35.2 Å². The first-order valence-electron chi connectivity index (χ1n) is 11.3. The molecule has 14 nitrogen and oxygen atoms in total. The smallest absolute Gasteiger partial charge is 0.353 e. The molecule has 0 spiro atoms. The van der Waals surface area contributed by atoms with Crippen molar-refractivity contribution >= 4 is 87.1 Å². The van der Waals surface area contributed by atoms with E-state index in [2.05, 4.69) is 25.5 Å². The molecule has 2 aromatic heterocycles. The largest absolute Gasteiger partial charge is 0.477 e. The minimum atomic E-state index is -1.61. The Bertz CT molecular complexity index is 1400. The Balaban J connectivity index is 1.47. The number of thiazole rings is 1. The molecule has 4 rings (SSSR count). The molecule has 19 heteroatoms. The number of nitrogens with zero attached hydrogens (tertiary/aromatic N) is 5. The monoisotopic (exact) mass is 643 g/mol. The first-order valence-corrected chi connectivity index (χ1v) is 15.5. The first kappa shape index (κ1) is 29.9. The number of carbonyl (C=O) groups is 3. The quantitative estimate of drug-likeness (QED) is 0.0727. The molecule has 2 amide bonds. The first-order chi connectivity index (χ1) is 19.1. The maximum absolute atomic E-state index is 13.1. The van der Waals surface area contributed by atoms with E-state index in [-0.39, 0.29) is 32.6 Å². The molecule has 1 unspecified atom stereocenters. The van der Waals surface area contributed by atoms with Gasteiger partial charge in [-0.25, -0.2) is 9.78 Å². The van der Waals surface area contributed by atoms with Crippen LogP contribution >= 0.6 is 58.2 Å². The summed E-state index contributed by atoms with van der Waals surface area (Å²) in [6.07, 6.45) is 1.65. The fraction of sp³-hybridized carbons (Fsp3) is 0.333. The molecule has 1 fully saturated rings. The van der Waals surface area contributed by atoms with Crippen LogP contribution in [-0.4, -0.2) is 73.2 Å². The topological polar surface area (TPSA) is 232 Å². The van der Waals surface area contributed by atoms with Crippen LogP contribution in [0.25, 0.3) is 0 Å². The lowest BCUT2D eigenvalue weighted by Gasteiger charge is -2.49. The third-order valence-electron chi connectivity index (χ3n) is 5.52. The van der Waals surface area contributed by atoms with Crippen LogP contribution in [0.3, 0.4) is 0 Å². The van der Waals surface area contributed by atoms with Crippen molar-refractivity contribution in [1.29, 1.82) is 0 Å². The molecule has 4 heterocycles.